The number of hydrogen-bond donors (Lipinski definition) is 2. The molecule has 0 radical (unpaired) electrons. The Morgan fingerprint density at radius 2 is 1.65 bits per heavy atom. The molecule has 0 bridgehead atoms. The first-order valence-electron chi connectivity index (χ1n) is 12.4. The largest absolute Gasteiger partial charge is 0.459 e. The summed E-state index contributed by atoms with van der Waals surface area (Å²) >= 11 is 12.2. The van der Waals surface area contributed by atoms with E-state index in [0.29, 0.717) is 10.6 Å². The van der Waals surface area contributed by atoms with Crippen molar-refractivity contribution in [3.63, 3.8) is 0 Å². The van der Waals surface area contributed by atoms with Crippen LogP contribution in [0.5, 0.6) is 0 Å². The minimum Gasteiger partial charge on any atom is -0.459 e. The number of nitrogens with one attached hydrogen (secondary N) is 2. The zero-order valence-electron chi connectivity index (χ0n) is 22.4. The lowest BCUT2D eigenvalue weighted by molar-refractivity contribution is -0.384. The third-order valence-electron chi connectivity index (χ3n) is 5.92. The highest BCUT2D eigenvalue weighted by Gasteiger charge is 2.26. The van der Waals surface area contributed by atoms with E-state index in [0.717, 1.165) is 11.8 Å². The zero-order valence-corrected chi connectivity index (χ0v) is 24.7. The smallest absolute Gasteiger partial charge is 0.329 e. The number of carbonyl (C=O) groups excluding carboxylic acids is 2. The Kier molecular flexibility index (Phi) is 9.93. The number of non-ortho nitro benzene ring substituents is 1. The average Bonchev–Trinajstić information content (AvgIpc) is 3.42. The molecule has 222 valence electrons. The van der Waals surface area contributed by atoms with E-state index in [1.807, 2.05) is 12.3 Å². The summed E-state index contributed by atoms with van der Waals surface area (Å²) in [4.78, 5) is 34.4. The van der Waals surface area contributed by atoms with Gasteiger partial charge < -0.3 is 9.73 Å². The summed E-state index contributed by atoms with van der Waals surface area (Å²) in [6, 6.07) is 19.3. The SMILES string of the molecule is Cc1ccc(S(=O)(=O)N(Cc2ccc(Cl)c(Cl)c2)Cc2ccc(/C=N/NC(=O)C(=O)Nc3ccc([N+](=O)[O-])cc3)o2)cc1. The number of amides is 2. The second-order valence-electron chi connectivity index (χ2n) is 9.10. The molecule has 1 aromatic heterocycles. The Morgan fingerprint density at radius 1 is 0.953 bits per heavy atom. The highest BCUT2D eigenvalue weighted by molar-refractivity contribution is 7.89. The van der Waals surface area contributed by atoms with Gasteiger partial charge in [-0.1, -0.05) is 47.0 Å². The molecule has 3 aromatic carbocycles. The van der Waals surface area contributed by atoms with Crippen LogP contribution >= 0.6 is 23.2 Å². The molecular weight excluding hydrogens is 621 g/mol. The second kappa shape index (κ2) is 13.6. The van der Waals surface area contributed by atoms with E-state index < -0.39 is 26.8 Å². The molecule has 1 heterocycles. The Labute approximate surface area is 256 Å². The van der Waals surface area contributed by atoms with Gasteiger partial charge in [0.05, 0.1) is 32.6 Å². The Balaban J connectivity index is 1.43. The first-order chi connectivity index (χ1) is 20.4. The fourth-order valence-electron chi connectivity index (χ4n) is 3.71. The molecule has 0 aliphatic heterocycles. The van der Waals surface area contributed by atoms with Crippen molar-refractivity contribution in [2.24, 2.45) is 5.10 Å². The summed E-state index contributed by atoms with van der Waals surface area (Å²) in [5, 5.41) is 17.3. The van der Waals surface area contributed by atoms with Gasteiger partial charge in [-0.3, -0.25) is 19.7 Å². The Morgan fingerprint density at radius 3 is 2.30 bits per heavy atom. The van der Waals surface area contributed by atoms with Crippen molar-refractivity contribution in [3.8, 4) is 0 Å². The number of sulfonamides is 1. The summed E-state index contributed by atoms with van der Waals surface area (Å²) in [5.41, 5.74) is 3.56. The van der Waals surface area contributed by atoms with E-state index in [4.69, 9.17) is 27.6 Å². The number of aryl methyl sites for hydroxylation is 1. The number of hydrogen-bond acceptors (Lipinski definition) is 8. The van der Waals surface area contributed by atoms with Crippen LogP contribution < -0.4 is 10.7 Å². The van der Waals surface area contributed by atoms with E-state index in [1.165, 1.54) is 46.8 Å². The lowest BCUT2D eigenvalue weighted by Crippen LogP contribution is -2.32. The summed E-state index contributed by atoms with van der Waals surface area (Å²) in [7, 11) is -3.97. The second-order valence-corrected chi connectivity index (χ2v) is 11.8. The molecule has 12 nitrogen and oxygen atoms in total. The number of halogens is 2. The lowest BCUT2D eigenvalue weighted by atomic mass is 10.2. The molecule has 43 heavy (non-hydrogen) atoms. The summed E-state index contributed by atoms with van der Waals surface area (Å²) in [6.07, 6.45) is 1.14. The van der Waals surface area contributed by atoms with Gasteiger partial charge in [0, 0.05) is 24.4 Å². The van der Waals surface area contributed by atoms with Gasteiger partial charge in [0.1, 0.15) is 11.5 Å². The number of nitro groups is 1. The normalized spacial score (nSPS) is 11.5. The number of anilines is 1. The van der Waals surface area contributed by atoms with Crippen molar-refractivity contribution in [1.29, 1.82) is 0 Å². The number of hydrazone groups is 1. The Hall–Kier alpha value is -4.56. The molecular formula is C28H23Cl2N5O7S. The fourth-order valence-corrected chi connectivity index (χ4v) is 5.42. The van der Waals surface area contributed by atoms with Crippen molar-refractivity contribution >= 4 is 62.6 Å². The van der Waals surface area contributed by atoms with Crippen LogP contribution in [0.2, 0.25) is 10.0 Å². The van der Waals surface area contributed by atoms with Gasteiger partial charge in [-0.2, -0.15) is 9.41 Å². The van der Waals surface area contributed by atoms with Gasteiger partial charge >= 0.3 is 11.8 Å². The minimum absolute atomic E-state index is 0.0306. The molecule has 0 aliphatic carbocycles. The van der Waals surface area contributed by atoms with Crippen LogP contribution in [0.4, 0.5) is 11.4 Å². The van der Waals surface area contributed by atoms with Crippen LogP contribution in [-0.4, -0.2) is 35.7 Å². The van der Waals surface area contributed by atoms with E-state index in [2.05, 4.69) is 10.4 Å². The van der Waals surface area contributed by atoms with Gasteiger partial charge in [-0.25, -0.2) is 13.8 Å². The zero-order chi connectivity index (χ0) is 31.1. The highest BCUT2D eigenvalue weighted by Crippen LogP contribution is 2.26. The van der Waals surface area contributed by atoms with E-state index >= 15 is 0 Å². The van der Waals surface area contributed by atoms with Crippen molar-refractivity contribution in [1.82, 2.24) is 9.73 Å². The molecule has 4 aromatic rings. The molecule has 0 atom stereocenters. The van der Waals surface area contributed by atoms with E-state index in [9.17, 15) is 28.1 Å². The number of benzene rings is 3. The van der Waals surface area contributed by atoms with Crippen molar-refractivity contribution in [2.45, 2.75) is 24.9 Å². The highest BCUT2D eigenvalue weighted by atomic mass is 35.5. The van der Waals surface area contributed by atoms with E-state index in [-0.39, 0.29) is 45.9 Å². The maximum Gasteiger partial charge on any atom is 0.329 e. The summed E-state index contributed by atoms with van der Waals surface area (Å²) in [6.45, 7) is 1.68. The minimum atomic E-state index is -3.97. The van der Waals surface area contributed by atoms with Crippen LogP contribution in [-0.2, 0) is 32.7 Å². The van der Waals surface area contributed by atoms with Crippen molar-refractivity contribution in [3.05, 3.63) is 122 Å². The predicted molar refractivity (Wildman–Crippen MR) is 160 cm³/mol. The molecule has 0 saturated heterocycles. The third kappa shape index (κ3) is 8.26. The quantitative estimate of drug-likeness (QED) is 0.103. The number of rotatable bonds is 10. The van der Waals surface area contributed by atoms with Gasteiger partial charge in [0.25, 0.3) is 5.69 Å². The van der Waals surface area contributed by atoms with E-state index in [1.54, 1.807) is 36.4 Å². The topological polar surface area (TPSA) is 164 Å². The van der Waals surface area contributed by atoms with Gasteiger partial charge in [0.15, 0.2) is 0 Å². The maximum atomic E-state index is 13.6. The fraction of sp³-hybridized carbons (Fsp3) is 0.107. The molecule has 0 saturated carbocycles. The number of nitro benzene ring substituents is 1. The molecule has 0 fully saturated rings. The molecule has 2 N–H and O–H groups in total. The summed E-state index contributed by atoms with van der Waals surface area (Å²) < 4.78 is 34.1. The number of carbonyl (C=O) groups is 2. The van der Waals surface area contributed by atoms with Crippen LogP contribution in [0, 0.1) is 17.0 Å². The first-order valence-corrected chi connectivity index (χ1v) is 14.6. The molecule has 2 amide bonds. The summed E-state index contributed by atoms with van der Waals surface area (Å²) in [5.74, 6) is -1.70. The first kappa shape index (κ1) is 31.4. The molecule has 15 heteroatoms. The monoisotopic (exact) mass is 643 g/mol. The molecule has 0 aliphatic rings. The van der Waals surface area contributed by atoms with Crippen LogP contribution in [0.15, 0.2) is 93.3 Å². The maximum absolute atomic E-state index is 13.6. The predicted octanol–water partition coefficient (Wildman–Crippen LogP) is 5.28. The van der Waals surface area contributed by atoms with Crippen molar-refractivity contribution in [2.75, 3.05) is 5.32 Å². The van der Waals surface area contributed by atoms with Gasteiger partial charge in [0.2, 0.25) is 10.0 Å². The van der Waals surface area contributed by atoms with Crippen LogP contribution in [0.3, 0.4) is 0 Å². The Bertz CT molecular complexity index is 1790. The van der Waals surface area contributed by atoms with Crippen LogP contribution in [0.1, 0.15) is 22.6 Å². The third-order valence-corrected chi connectivity index (χ3v) is 8.46. The molecule has 0 spiro atoms. The van der Waals surface area contributed by atoms with Crippen LogP contribution in [0.25, 0.3) is 0 Å². The molecule has 4 rings (SSSR count). The standard InChI is InChI=1S/C28H23Cl2N5O7S/c1-18-2-11-24(12-3-18)43(40,41)34(16-19-4-13-25(29)26(30)14-19)17-23-10-9-22(42-23)15-31-33-28(37)27(36)32-20-5-7-21(8-6-20)35(38)39/h2-15H,16-17H2,1H3,(H,32,36)(H,33,37)/b31-15+. The number of nitrogens with zero attached hydrogens (tertiary/aromatic N) is 3. The molecule has 0 unspecified atom stereocenters. The number of furan rings is 1. The van der Waals surface area contributed by atoms with Gasteiger partial charge in [-0.15, -0.1) is 0 Å². The van der Waals surface area contributed by atoms with Crippen molar-refractivity contribution < 1.29 is 27.3 Å². The lowest BCUT2D eigenvalue weighted by Gasteiger charge is -2.22. The van der Waals surface area contributed by atoms with Gasteiger partial charge in [-0.05, 0) is 61.0 Å². The average molecular weight is 644 g/mol.